The zero-order valence-corrected chi connectivity index (χ0v) is 8.43. The molecule has 0 aliphatic rings. The molecule has 78 valence electrons. The van der Waals surface area contributed by atoms with Gasteiger partial charge in [-0.2, -0.15) is 0 Å². The molecule has 0 saturated heterocycles. The van der Waals surface area contributed by atoms with Crippen LogP contribution >= 0.6 is 0 Å². The first-order valence-electron chi connectivity index (χ1n) is 4.73. The minimum Gasteiger partial charge on any atom is -0.395 e. The van der Waals surface area contributed by atoms with E-state index in [0.29, 0.717) is 0 Å². The van der Waals surface area contributed by atoms with Gasteiger partial charge in [0.15, 0.2) is 0 Å². The van der Waals surface area contributed by atoms with Crippen LogP contribution in [0.2, 0.25) is 0 Å². The van der Waals surface area contributed by atoms with Crippen LogP contribution in [0.15, 0.2) is 30.3 Å². The molecule has 0 atom stereocenters. The Morgan fingerprint density at radius 2 is 1.71 bits per heavy atom. The molecule has 0 bridgehead atoms. The van der Waals surface area contributed by atoms with Crippen LogP contribution in [0.25, 0.3) is 0 Å². The minimum absolute atomic E-state index is 0.0141. The summed E-state index contributed by atoms with van der Waals surface area (Å²) in [4.78, 5) is 1.94. The Bertz CT molecular complexity index is 247. The number of aliphatic hydroxyl groups excluding tert-OH is 2. The molecule has 2 N–H and O–H groups in total. The summed E-state index contributed by atoms with van der Waals surface area (Å²) in [6.45, 7) is 0.715. The van der Waals surface area contributed by atoms with Gasteiger partial charge in [0.2, 0.25) is 0 Å². The molecular weight excluding hydrogens is 178 g/mol. The van der Waals surface area contributed by atoms with E-state index in [2.05, 4.69) is 0 Å². The molecule has 1 rings (SSSR count). The number of nitrogens with zero attached hydrogens (tertiary/aromatic N) is 1. The summed E-state index contributed by atoms with van der Waals surface area (Å²) in [5.74, 6) is 0. The Balaban J connectivity index is 2.52. The van der Waals surface area contributed by atoms with E-state index in [0.717, 1.165) is 6.54 Å². The number of benzene rings is 1. The fourth-order valence-corrected chi connectivity index (χ4v) is 1.34. The van der Waals surface area contributed by atoms with Crippen LogP contribution in [0, 0.1) is 0 Å². The van der Waals surface area contributed by atoms with Gasteiger partial charge >= 0.3 is 0 Å². The average Bonchev–Trinajstić information content (AvgIpc) is 2.21. The van der Waals surface area contributed by atoms with Crippen molar-refractivity contribution in [3.05, 3.63) is 35.9 Å². The third kappa shape index (κ3) is 3.10. The predicted molar refractivity (Wildman–Crippen MR) is 55.9 cm³/mol. The highest BCUT2D eigenvalue weighted by atomic mass is 16.3. The van der Waals surface area contributed by atoms with Crippen molar-refractivity contribution in [2.75, 3.05) is 20.3 Å². The minimum atomic E-state index is -0.171. The van der Waals surface area contributed by atoms with E-state index in [1.54, 1.807) is 0 Å². The summed E-state index contributed by atoms with van der Waals surface area (Å²) < 4.78 is 0. The average molecular weight is 195 g/mol. The third-order valence-corrected chi connectivity index (χ3v) is 2.32. The maximum Gasteiger partial charge on any atom is 0.0609 e. The summed E-state index contributed by atoms with van der Waals surface area (Å²) in [6, 6.07) is 9.82. The molecule has 0 aliphatic carbocycles. The summed E-state index contributed by atoms with van der Waals surface area (Å²) >= 11 is 0. The maximum atomic E-state index is 8.97. The van der Waals surface area contributed by atoms with Crippen molar-refractivity contribution in [1.82, 2.24) is 4.90 Å². The first-order valence-corrected chi connectivity index (χ1v) is 4.73. The lowest BCUT2D eigenvalue weighted by Crippen LogP contribution is -2.37. The van der Waals surface area contributed by atoms with Crippen LogP contribution in [-0.4, -0.2) is 41.4 Å². The second kappa shape index (κ2) is 5.75. The zero-order valence-electron chi connectivity index (χ0n) is 8.43. The molecule has 14 heavy (non-hydrogen) atoms. The first-order chi connectivity index (χ1) is 6.77. The molecule has 1 aromatic rings. The summed E-state index contributed by atoms with van der Waals surface area (Å²) in [5, 5.41) is 17.9. The second-order valence-electron chi connectivity index (χ2n) is 3.42. The van der Waals surface area contributed by atoms with E-state index in [9.17, 15) is 0 Å². The van der Waals surface area contributed by atoms with Crippen LogP contribution in [0.3, 0.4) is 0 Å². The van der Waals surface area contributed by atoms with Gasteiger partial charge in [0, 0.05) is 6.54 Å². The van der Waals surface area contributed by atoms with Gasteiger partial charge in [-0.1, -0.05) is 30.3 Å². The molecule has 0 unspecified atom stereocenters. The van der Waals surface area contributed by atoms with Gasteiger partial charge in [0.1, 0.15) is 0 Å². The van der Waals surface area contributed by atoms with E-state index >= 15 is 0 Å². The first kappa shape index (κ1) is 11.2. The molecule has 0 radical (unpaired) electrons. The Kier molecular flexibility index (Phi) is 4.59. The van der Waals surface area contributed by atoms with Crippen molar-refractivity contribution < 1.29 is 10.2 Å². The standard InChI is InChI=1S/C11H17NO2/c1-12(11(8-13)9-14)7-10-5-3-2-4-6-10/h2-6,11,13-14H,7-9H2,1H3. The maximum absolute atomic E-state index is 8.97. The highest BCUT2D eigenvalue weighted by Gasteiger charge is 2.11. The second-order valence-corrected chi connectivity index (χ2v) is 3.42. The highest BCUT2D eigenvalue weighted by molar-refractivity contribution is 5.14. The van der Waals surface area contributed by atoms with Gasteiger partial charge in [-0.05, 0) is 12.6 Å². The van der Waals surface area contributed by atoms with E-state index in [1.165, 1.54) is 5.56 Å². The zero-order chi connectivity index (χ0) is 10.4. The summed E-state index contributed by atoms with van der Waals surface area (Å²) in [6.07, 6.45) is 0. The van der Waals surface area contributed by atoms with Crippen LogP contribution in [0.1, 0.15) is 5.56 Å². The highest BCUT2D eigenvalue weighted by Crippen LogP contribution is 2.05. The largest absolute Gasteiger partial charge is 0.395 e. The van der Waals surface area contributed by atoms with E-state index in [4.69, 9.17) is 10.2 Å². The molecule has 0 saturated carbocycles. The van der Waals surface area contributed by atoms with Gasteiger partial charge in [0.05, 0.1) is 19.3 Å². The van der Waals surface area contributed by atoms with Crippen molar-refractivity contribution in [2.45, 2.75) is 12.6 Å². The lowest BCUT2D eigenvalue weighted by atomic mass is 10.2. The van der Waals surface area contributed by atoms with Crippen LogP contribution in [0.5, 0.6) is 0 Å². The van der Waals surface area contributed by atoms with E-state index < -0.39 is 0 Å². The van der Waals surface area contributed by atoms with E-state index in [1.807, 2.05) is 42.3 Å². The number of hydrogen-bond acceptors (Lipinski definition) is 3. The fraction of sp³-hybridized carbons (Fsp3) is 0.455. The smallest absolute Gasteiger partial charge is 0.0609 e. The predicted octanol–water partition coefficient (Wildman–Crippen LogP) is 0.472. The van der Waals surface area contributed by atoms with Crippen molar-refractivity contribution in [2.24, 2.45) is 0 Å². The molecule has 3 nitrogen and oxygen atoms in total. The molecule has 0 fully saturated rings. The van der Waals surface area contributed by atoms with Crippen molar-refractivity contribution in [3.63, 3.8) is 0 Å². The molecular formula is C11H17NO2. The molecule has 1 aromatic carbocycles. The van der Waals surface area contributed by atoms with Gasteiger partial charge in [0.25, 0.3) is 0 Å². The van der Waals surface area contributed by atoms with Gasteiger partial charge in [-0.3, -0.25) is 4.90 Å². The van der Waals surface area contributed by atoms with Crippen molar-refractivity contribution >= 4 is 0 Å². The molecule has 0 aliphatic heterocycles. The van der Waals surface area contributed by atoms with Crippen molar-refractivity contribution in [1.29, 1.82) is 0 Å². The Morgan fingerprint density at radius 1 is 1.14 bits per heavy atom. The topological polar surface area (TPSA) is 43.7 Å². The number of likely N-dealkylation sites (N-methyl/N-ethyl adjacent to an activating group) is 1. The monoisotopic (exact) mass is 195 g/mol. The molecule has 0 amide bonds. The van der Waals surface area contributed by atoms with E-state index in [-0.39, 0.29) is 19.3 Å². The number of aliphatic hydroxyl groups is 2. The SMILES string of the molecule is CN(Cc1ccccc1)C(CO)CO. The lowest BCUT2D eigenvalue weighted by Gasteiger charge is -2.24. The van der Waals surface area contributed by atoms with Gasteiger partial charge in [-0.25, -0.2) is 0 Å². The Hall–Kier alpha value is -0.900. The molecule has 0 aromatic heterocycles. The van der Waals surface area contributed by atoms with Crippen LogP contribution in [-0.2, 0) is 6.54 Å². The van der Waals surface area contributed by atoms with Crippen LogP contribution in [0.4, 0.5) is 0 Å². The van der Waals surface area contributed by atoms with Gasteiger partial charge in [-0.15, -0.1) is 0 Å². The Morgan fingerprint density at radius 3 is 2.21 bits per heavy atom. The lowest BCUT2D eigenvalue weighted by molar-refractivity contribution is 0.0874. The Labute approximate surface area is 84.6 Å². The normalized spacial score (nSPS) is 11.2. The summed E-state index contributed by atoms with van der Waals surface area (Å²) in [5.41, 5.74) is 1.18. The fourth-order valence-electron chi connectivity index (χ4n) is 1.34. The quantitative estimate of drug-likeness (QED) is 0.718. The number of rotatable bonds is 5. The molecule has 0 spiro atoms. The molecule has 3 heteroatoms. The summed E-state index contributed by atoms with van der Waals surface area (Å²) in [7, 11) is 1.89. The number of hydrogen-bond donors (Lipinski definition) is 2. The van der Waals surface area contributed by atoms with Crippen molar-refractivity contribution in [3.8, 4) is 0 Å². The van der Waals surface area contributed by atoms with Gasteiger partial charge < -0.3 is 10.2 Å². The molecule has 0 heterocycles. The third-order valence-electron chi connectivity index (χ3n) is 2.32. The van der Waals surface area contributed by atoms with Crippen LogP contribution < -0.4 is 0 Å².